The molecule has 0 saturated carbocycles. The molecule has 0 atom stereocenters. The third-order valence-electron chi connectivity index (χ3n) is 2.41. The maximum absolute atomic E-state index is 11.0. The molecule has 3 nitrogen and oxygen atoms in total. The van der Waals surface area contributed by atoms with Crippen LogP contribution in [-0.4, -0.2) is 29.1 Å². The van der Waals surface area contributed by atoms with Crippen LogP contribution >= 0.6 is 11.3 Å². The third kappa shape index (κ3) is 3.61. The molecule has 0 aliphatic rings. The van der Waals surface area contributed by atoms with Crippen LogP contribution < -0.4 is 0 Å². The zero-order chi connectivity index (χ0) is 12.1. The molecule has 1 N–H and O–H groups in total. The van der Waals surface area contributed by atoms with Gasteiger partial charge in [-0.2, -0.15) is 0 Å². The second-order valence-electron chi connectivity index (χ2n) is 4.30. The summed E-state index contributed by atoms with van der Waals surface area (Å²) < 4.78 is 0. The number of carbonyl (C=O) groups is 1. The summed E-state index contributed by atoms with van der Waals surface area (Å²) in [5, 5.41) is 10.9. The van der Waals surface area contributed by atoms with Crippen LogP contribution in [0.4, 0.5) is 0 Å². The molecule has 0 bridgehead atoms. The minimum absolute atomic E-state index is 0.474. The van der Waals surface area contributed by atoms with Gasteiger partial charge in [-0.25, -0.2) is 4.79 Å². The first-order valence-corrected chi connectivity index (χ1v) is 6.44. The van der Waals surface area contributed by atoms with E-state index in [0.29, 0.717) is 10.8 Å². The normalized spacial score (nSPS) is 11.3. The number of hydrogen-bond acceptors (Lipinski definition) is 3. The highest BCUT2D eigenvalue weighted by atomic mass is 32.1. The molecule has 0 unspecified atom stereocenters. The first kappa shape index (κ1) is 13.2. The van der Waals surface area contributed by atoms with Gasteiger partial charge in [0.2, 0.25) is 0 Å². The van der Waals surface area contributed by atoms with E-state index in [1.54, 1.807) is 0 Å². The van der Waals surface area contributed by atoms with Crippen LogP contribution in [0.3, 0.4) is 0 Å². The van der Waals surface area contributed by atoms with Crippen molar-refractivity contribution in [2.24, 2.45) is 5.92 Å². The molecule has 16 heavy (non-hydrogen) atoms. The zero-order valence-corrected chi connectivity index (χ0v) is 10.9. The molecule has 0 aromatic carbocycles. The van der Waals surface area contributed by atoms with Crippen molar-refractivity contribution < 1.29 is 9.90 Å². The first-order chi connectivity index (χ1) is 7.54. The summed E-state index contributed by atoms with van der Waals surface area (Å²) in [6.45, 7) is 9.15. The van der Waals surface area contributed by atoms with Gasteiger partial charge in [0.25, 0.3) is 0 Å². The Labute approximate surface area is 101 Å². The molecule has 0 amide bonds. The number of aromatic carboxylic acids is 1. The summed E-state index contributed by atoms with van der Waals surface area (Å²) in [4.78, 5) is 13.7. The maximum atomic E-state index is 11.0. The zero-order valence-electron chi connectivity index (χ0n) is 10.1. The highest BCUT2D eigenvalue weighted by Crippen LogP contribution is 2.19. The third-order valence-corrected chi connectivity index (χ3v) is 3.35. The molecule has 1 rings (SSSR count). The van der Waals surface area contributed by atoms with Gasteiger partial charge >= 0.3 is 5.97 Å². The van der Waals surface area contributed by atoms with Crippen LogP contribution in [0.25, 0.3) is 0 Å². The Balaban J connectivity index is 2.70. The van der Waals surface area contributed by atoms with Crippen LogP contribution in [0.2, 0.25) is 0 Å². The summed E-state index contributed by atoms with van der Waals surface area (Å²) in [5.74, 6) is -0.211. The molecule has 1 aromatic heterocycles. The topological polar surface area (TPSA) is 40.5 Å². The van der Waals surface area contributed by atoms with Crippen molar-refractivity contribution in [3.63, 3.8) is 0 Å². The first-order valence-electron chi connectivity index (χ1n) is 5.56. The van der Waals surface area contributed by atoms with Gasteiger partial charge in [-0.05, 0) is 29.5 Å². The van der Waals surface area contributed by atoms with Crippen molar-refractivity contribution >= 4 is 17.3 Å². The lowest BCUT2D eigenvalue weighted by Crippen LogP contribution is -2.27. The molecule has 0 aliphatic carbocycles. The van der Waals surface area contributed by atoms with E-state index in [-0.39, 0.29) is 0 Å². The Kier molecular flexibility index (Phi) is 4.96. The van der Waals surface area contributed by atoms with Gasteiger partial charge in [0.1, 0.15) is 4.88 Å². The van der Waals surface area contributed by atoms with Crippen molar-refractivity contribution in [1.82, 2.24) is 4.90 Å². The van der Waals surface area contributed by atoms with Crippen LogP contribution in [0.1, 0.15) is 36.0 Å². The summed E-state index contributed by atoms with van der Waals surface area (Å²) in [6, 6.07) is 1.91. The number of carboxylic acid groups (broad SMARTS) is 1. The molecule has 0 saturated heterocycles. The Morgan fingerprint density at radius 3 is 2.75 bits per heavy atom. The summed E-state index contributed by atoms with van der Waals surface area (Å²) in [5.41, 5.74) is 0.931. The van der Waals surface area contributed by atoms with E-state index in [0.717, 1.165) is 25.2 Å². The van der Waals surface area contributed by atoms with Crippen molar-refractivity contribution in [2.75, 3.05) is 13.1 Å². The van der Waals surface area contributed by atoms with E-state index < -0.39 is 5.97 Å². The fraction of sp³-hybridized carbons (Fsp3) is 0.583. The van der Waals surface area contributed by atoms with E-state index in [2.05, 4.69) is 25.7 Å². The lowest BCUT2D eigenvalue weighted by molar-refractivity contribution is 0.0700. The SMILES string of the molecule is CCN(Cc1ccsc1C(=O)O)CC(C)C. The predicted octanol–water partition coefficient (Wildman–Crippen LogP) is 2.92. The molecule has 0 aliphatic heterocycles. The van der Waals surface area contributed by atoms with Gasteiger partial charge < -0.3 is 5.11 Å². The molecule has 4 heteroatoms. The average Bonchev–Trinajstić information content (AvgIpc) is 2.64. The monoisotopic (exact) mass is 241 g/mol. The van der Waals surface area contributed by atoms with Crippen molar-refractivity contribution in [3.8, 4) is 0 Å². The van der Waals surface area contributed by atoms with Gasteiger partial charge in [-0.15, -0.1) is 11.3 Å². The molecule has 1 aromatic rings. The quantitative estimate of drug-likeness (QED) is 0.832. The number of rotatable bonds is 6. The number of hydrogen-bond donors (Lipinski definition) is 1. The average molecular weight is 241 g/mol. The Hall–Kier alpha value is -0.870. The van der Waals surface area contributed by atoms with E-state index in [1.165, 1.54) is 11.3 Å². The lowest BCUT2D eigenvalue weighted by atomic mass is 10.2. The van der Waals surface area contributed by atoms with Crippen LogP contribution in [-0.2, 0) is 6.54 Å². The van der Waals surface area contributed by atoms with E-state index in [9.17, 15) is 4.79 Å². The molecular weight excluding hydrogens is 222 g/mol. The summed E-state index contributed by atoms with van der Waals surface area (Å²) in [7, 11) is 0. The second-order valence-corrected chi connectivity index (χ2v) is 5.22. The molecule has 0 radical (unpaired) electrons. The Morgan fingerprint density at radius 1 is 1.56 bits per heavy atom. The smallest absolute Gasteiger partial charge is 0.346 e. The second kappa shape index (κ2) is 6.01. The minimum Gasteiger partial charge on any atom is -0.477 e. The highest BCUT2D eigenvalue weighted by Gasteiger charge is 2.14. The van der Waals surface area contributed by atoms with E-state index in [4.69, 9.17) is 5.11 Å². The highest BCUT2D eigenvalue weighted by molar-refractivity contribution is 7.12. The molecule has 0 spiro atoms. The predicted molar refractivity (Wildman–Crippen MR) is 67.1 cm³/mol. The van der Waals surface area contributed by atoms with Crippen LogP contribution in [0.15, 0.2) is 11.4 Å². The molecular formula is C12H19NO2S. The Morgan fingerprint density at radius 2 is 2.25 bits per heavy atom. The van der Waals surface area contributed by atoms with Gasteiger partial charge in [-0.3, -0.25) is 4.90 Å². The van der Waals surface area contributed by atoms with Crippen LogP contribution in [0, 0.1) is 5.92 Å². The van der Waals surface area contributed by atoms with Crippen molar-refractivity contribution in [2.45, 2.75) is 27.3 Å². The number of nitrogens with zero attached hydrogens (tertiary/aromatic N) is 1. The van der Waals surface area contributed by atoms with Crippen molar-refractivity contribution in [3.05, 3.63) is 21.9 Å². The summed E-state index contributed by atoms with van der Waals surface area (Å²) in [6.07, 6.45) is 0. The molecule has 0 fully saturated rings. The lowest BCUT2D eigenvalue weighted by Gasteiger charge is -2.22. The summed E-state index contributed by atoms with van der Waals surface area (Å²) >= 11 is 1.30. The largest absolute Gasteiger partial charge is 0.477 e. The van der Waals surface area contributed by atoms with Gasteiger partial charge in [0.05, 0.1) is 0 Å². The van der Waals surface area contributed by atoms with Gasteiger partial charge in [0.15, 0.2) is 0 Å². The maximum Gasteiger partial charge on any atom is 0.346 e. The fourth-order valence-corrected chi connectivity index (χ4v) is 2.46. The van der Waals surface area contributed by atoms with E-state index >= 15 is 0 Å². The standard InChI is InChI=1S/C12H19NO2S/c1-4-13(7-9(2)3)8-10-5-6-16-11(10)12(14)15/h5-6,9H,4,7-8H2,1-3H3,(H,14,15). The van der Waals surface area contributed by atoms with Gasteiger partial charge in [0, 0.05) is 13.1 Å². The molecule has 90 valence electrons. The fourth-order valence-electron chi connectivity index (χ4n) is 1.71. The van der Waals surface area contributed by atoms with E-state index in [1.807, 2.05) is 11.4 Å². The van der Waals surface area contributed by atoms with Crippen LogP contribution in [0.5, 0.6) is 0 Å². The Bertz CT molecular complexity index is 347. The van der Waals surface area contributed by atoms with Gasteiger partial charge in [-0.1, -0.05) is 20.8 Å². The number of thiophene rings is 1. The number of carboxylic acids is 1. The molecule has 1 heterocycles. The minimum atomic E-state index is -0.814. The van der Waals surface area contributed by atoms with Crippen molar-refractivity contribution in [1.29, 1.82) is 0 Å².